The molecule has 0 spiro atoms. The van der Waals surface area contributed by atoms with Crippen molar-refractivity contribution in [2.45, 2.75) is 30.1 Å². The molecule has 0 radical (unpaired) electrons. The lowest BCUT2D eigenvalue weighted by Crippen LogP contribution is -2.45. The molecule has 1 aliphatic carbocycles. The summed E-state index contributed by atoms with van der Waals surface area (Å²) in [4.78, 5) is 0. The Morgan fingerprint density at radius 1 is 1.33 bits per heavy atom. The minimum atomic E-state index is -4.00. The van der Waals surface area contributed by atoms with E-state index in [2.05, 4.69) is 10.0 Å². The van der Waals surface area contributed by atoms with Crippen LogP contribution in [0.2, 0.25) is 0 Å². The Balaban J connectivity index is 0.00000112. The lowest BCUT2D eigenvalue weighted by atomic mass is 10.2. The summed E-state index contributed by atoms with van der Waals surface area (Å²) in [7, 11) is -4.00. The molecule has 2 aliphatic rings. The second-order valence-corrected chi connectivity index (χ2v) is 5.76. The fourth-order valence-electron chi connectivity index (χ4n) is 1.43. The van der Waals surface area contributed by atoms with Gasteiger partial charge in [0.2, 0.25) is 15.0 Å². The van der Waals surface area contributed by atoms with Gasteiger partial charge in [0.15, 0.2) is 0 Å². The van der Waals surface area contributed by atoms with E-state index in [1.807, 2.05) is 0 Å². The first-order chi connectivity index (χ1) is 6.45. The number of alkyl halides is 2. The van der Waals surface area contributed by atoms with Gasteiger partial charge in [-0.3, -0.25) is 0 Å². The Hall–Kier alpha value is 0.0200. The highest BCUT2D eigenvalue weighted by atomic mass is 35.5. The number of rotatable bonds is 3. The van der Waals surface area contributed by atoms with Crippen LogP contribution in [0.15, 0.2) is 0 Å². The summed E-state index contributed by atoms with van der Waals surface area (Å²) >= 11 is 0. The molecule has 0 aromatic carbocycles. The normalized spacial score (nSPS) is 33.5. The lowest BCUT2D eigenvalue weighted by molar-refractivity contribution is 0.314. The number of sulfonamides is 1. The fraction of sp³-hybridized carbons (Fsp3) is 1.00. The molecule has 2 fully saturated rings. The van der Waals surface area contributed by atoms with Crippen molar-refractivity contribution >= 4 is 22.4 Å². The number of hydrogen-bond acceptors (Lipinski definition) is 3. The molecule has 1 heterocycles. The highest BCUT2D eigenvalue weighted by molar-refractivity contribution is 7.91. The van der Waals surface area contributed by atoms with E-state index in [0.717, 1.165) is 0 Å². The fourth-order valence-corrected chi connectivity index (χ4v) is 2.91. The van der Waals surface area contributed by atoms with E-state index >= 15 is 0 Å². The molecule has 4 nitrogen and oxygen atoms in total. The molecular weight excluding hydrogens is 250 g/mol. The SMILES string of the molecule is Cl.O=S(=O)(N[C@@H]1CNC[C@@H]1F)C1(F)CC1. The average Bonchev–Trinajstić information content (AvgIpc) is 2.73. The Morgan fingerprint density at radius 3 is 2.33 bits per heavy atom. The monoisotopic (exact) mass is 262 g/mol. The molecule has 1 aliphatic heterocycles. The molecule has 0 aromatic heterocycles. The van der Waals surface area contributed by atoms with Crippen molar-refractivity contribution in [3.63, 3.8) is 0 Å². The van der Waals surface area contributed by atoms with E-state index in [-0.39, 0.29) is 38.3 Å². The van der Waals surface area contributed by atoms with Crippen molar-refractivity contribution in [1.29, 1.82) is 0 Å². The van der Waals surface area contributed by atoms with Crippen molar-refractivity contribution in [2.75, 3.05) is 13.1 Å². The molecule has 15 heavy (non-hydrogen) atoms. The molecule has 2 N–H and O–H groups in total. The molecule has 1 saturated heterocycles. The summed E-state index contributed by atoms with van der Waals surface area (Å²) in [6.45, 7) is 0.336. The zero-order valence-corrected chi connectivity index (χ0v) is 9.51. The molecule has 1 saturated carbocycles. The van der Waals surface area contributed by atoms with E-state index in [0.29, 0.717) is 0 Å². The Labute approximate surface area is 93.3 Å². The molecule has 90 valence electrons. The first-order valence-corrected chi connectivity index (χ1v) is 5.98. The van der Waals surface area contributed by atoms with E-state index in [4.69, 9.17) is 0 Å². The largest absolute Gasteiger partial charge is 0.312 e. The summed E-state index contributed by atoms with van der Waals surface area (Å²) in [6.07, 6.45) is -1.24. The van der Waals surface area contributed by atoms with Crippen molar-refractivity contribution in [3.8, 4) is 0 Å². The Kier molecular flexibility index (Phi) is 3.59. The third kappa shape index (κ3) is 2.41. The Bertz CT molecular complexity index is 334. The number of hydrogen-bond donors (Lipinski definition) is 2. The second kappa shape index (κ2) is 4.12. The smallest absolute Gasteiger partial charge is 0.247 e. The minimum absolute atomic E-state index is 0. The van der Waals surface area contributed by atoms with Gasteiger partial charge >= 0.3 is 0 Å². The maximum atomic E-state index is 13.3. The van der Waals surface area contributed by atoms with E-state index < -0.39 is 27.2 Å². The van der Waals surface area contributed by atoms with Gasteiger partial charge in [0, 0.05) is 25.9 Å². The van der Waals surface area contributed by atoms with Gasteiger partial charge < -0.3 is 5.32 Å². The molecule has 2 atom stereocenters. The molecule has 0 unspecified atom stereocenters. The van der Waals surface area contributed by atoms with Crippen LogP contribution in [0.5, 0.6) is 0 Å². The van der Waals surface area contributed by atoms with Gasteiger partial charge in [-0.2, -0.15) is 0 Å². The molecule has 0 bridgehead atoms. The Morgan fingerprint density at radius 2 is 1.93 bits per heavy atom. The highest BCUT2D eigenvalue weighted by Gasteiger charge is 2.56. The zero-order valence-electron chi connectivity index (χ0n) is 7.87. The van der Waals surface area contributed by atoms with Gasteiger partial charge in [0.05, 0.1) is 6.04 Å². The predicted octanol–water partition coefficient (Wildman–Crippen LogP) is 0.0971. The van der Waals surface area contributed by atoms with Crippen molar-refractivity contribution in [2.24, 2.45) is 0 Å². The van der Waals surface area contributed by atoms with Crippen molar-refractivity contribution < 1.29 is 17.2 Å². The molecular formula is C7H13ClF2N2O2S. The van der Waals surface area contributed by atoms with Gasteiger partial charge in [-0.1, -0.05) is 0 Å². The van der Waals surface area contributed by atoms with Crippen LogP contribution in [0.1, 0.15) is 12.8 Å². The summed E-state index contributed by atoms with van der Waals surface area (Å²) in [5.41, 5.74) is 0. The topological polar surface area (TPSA) is 58.2 Å². The minimum Gasteiger partial charge on any atom is -0.312 e. The summed E-state index contributed by atoms with van der Waals surface area (Å²) in [5, 5.41) is 0.549. The van der Waals surface area contributed by atoms with E-state index in [1.54, 1.807) is 0 Å². The highest BCUT2D eigenvalue weighted by Crippen LogP contribution is 2.44. The van der Waals surface area contributed by atoms with Crippen LogP contribution in [-0.4, -0.2) is 38.7 Å². The third-order valence-corrected chi connectivity index (χ3v) is 4.56. The molecule has 0 aromatic rings. The first kappa shape index (κ1) is 13.1. The quantitative estimate of drug-likeness (QED) is 0.758. The van der Waals surface area contributed by atoms with Crippen LogP contribution in [0.3, 0.4) is 0 Å². The maximum absolute atomic E-state index is 13.3. The van der Waals surface area contributed by atoms with Gasteiger partial charge in [-0.15, -0.1) is 12.4 Å². The summed E-state index contributed by atoms with van der Waals surface area (Å²) < 4.78 is 51.0. The van der Waals surface area contributed by atoms with Crippen LogP contribution in [-0.2, 0) is 10.0 Å². The van der Waals surface area contributed by atoms with E-state index in [1.165, 1.54) is 0 Å². The van der Waals surface area contributed by atoms with E-state index in [9.17, 15) is 17.2 Å². The van der Waals surface area contributed by atoms with Crippen LogP contribution < -0.4 is 10.0 Å². The van der Waals surface area contributed by atoms with Crippen molar-refractivity contribution in [1.82, 2.24) is 10.0 Å². The molecule has 8 heteroatoms. The van der Waals surface area contributed by atoms with Crippen molar-refractivity contribution in [3.05, 3.63) is 0 Å². The first-order valence-electron chi connectivity index (χ1n) is 4.50. The molecule has 0 amide bonds. The van der Waals surface area contributed by atoms with Gasteiger partial charge in [-0.25, -0.2) is 21.9 Å². The number of halogens is 3. The summed E-state index contributed by atoms with van der Waals surface area (Å²) in [5.74, 6) is 0. The van der Waals surface area contributed by atoms with Gasteiger partial charge in [0.1, 0.15) is 6.17 Å². The van der Waals surface area contributed by atoms with Crippen LogP contribution in [0.25, 0.3) is 0 Å². The third-order valence-electron chi connectivity index (χ3n) is 2.57. The summed E-state index contributed by atoms with van der Waals surface area (Å²) in [6, 6.07) is -0.826. The standard InChI is InChI=1S/C7H12F2N2O2S.ClH/c8-5-3-10-4-6(5)11-14(12,13)7(9)1-2-7;/h5-6,10-11H,1-4H2;1H/t5-,6+;/m0./s1. The number of nitrogens with one attached hydrogen (secondary N) is 2. The predicted molar refractivity (Wildman–Crippen MR) is 53.9 cm³/mol. The molecule has 2 rings (SSSR count). The maximum Gasteiger partial charge on any atom is 0.247 e. The van der Waals surface area contributed by atoms with Gasteiger partial charge in [0.25, 0.3) is 0 Å². The van der Waals surface area contributed by atoms with Crippen LogP contribution >= 0.6 is 12.4 Å². The second-order valence-electron chi connectivity index (χ2n) is 3.79. The van der Waals surface area contributed by atoms with Crippen LogP contribution in [0, 0.1) is 0 Å². The van der Waals surface area contributed by atoms with Gasteiger partial charge in [-0.05, 0) is 0 Å². The zero-order chi connectivity index (χ0) is 10.4. The lowest BCUT2D eigenvalue weighted by Gasteiger charge is -2.15. The average molecular weight is 263 g/mol. The van der Waals surface area contributed by atoms with Crippen LogP contribution in [0.4, 0.5) is 8.78 Å².